The lowest BCUT2D eigenvalue weighted by Crippen LogP contribution is -2.29. The fourth-order valence-corrected chi connectivity index (χ4v) is 4.59. The van der Waals surface area contributed by atoms with Crippen molar-refractivity contribution in [1.29, 1.82) is 0 Å². The van der Waals surface area contributed by atoms with Crippen LogP contribution in [0.5, 0.6) is 5.75 Å². The quantitative estimate of drug-likeness (QED) is 0.171. The summed E-state index contributed by atoms with van der Waals surface area (Å²) in [6.45, 7) is 8.79. The topological polar surface area (TPSA) is 93.1 Å². The molecule has 39 heavy (non-hydrogen) atoms. The number of amides is 1. The van der Waals surface area contributed by atoms with Gasteiger partial charge in [0.15, 0.2) is 0 Å². The molecule has 1 atom stereocenters. The van der Waals surface area contributed by atoms with Crippen LogP contribution in [0.2, 0.25) is 0 Å². The van der Waals surface area contributed by atoms with E-state index in [1.54, 1.807) is 42.5 Å². The van der Waals surface area contributed by atoms with E-state index < -0.39 is 23.7 Å². The zero-order valence-electron chi connectivity index (χ0n) is 22.9. The molecule has 0 bridgehead atoms. The molecule has 1 saturated heterocycles. The van der Waals surface area contributed by atoms with Crippen LogP contribution in [-0.2, 0) is 19.7 Å². The Hall–Kier alpha value is -4.39. The molecule has 1 N–H and O–H groups in total. The van der Waals surface area contributed by atoms with Crippen molar-refractivity contribution in [2.75, 3.05) is 18.6 Å². The van der Waals surface area contributed by atoms with Crippen LogP contribution in [-0.4, -0.2) is 36.5 Å². The second-order valence-corrected chi connectivity index (χ2v) is 10.5. The number of carbonyl (C=O) groups is 3. The van der Waals surface area contributed by atoms with Crippen molar-refractivity contribution in [2.45, 2.75) is 45.6 Å². The number of rotatable bonds is 7. The fraction of sp³-hybridized carbons (Fsp3) is 0.281. The van der Waals surface area contributed by atoms with Crippen molar-refractivity contribution in [1.82, 2.24) is 0 Å². The number of ketones is 1. The molecule has 1 fully saturated rings. The van der Waals surface area contributed by atoms with Crippen LogP contribution in [0.1, 0.15) is 67.2 Å². The Labute approximate surface area is 228 Å². The van der Waals surface area contributed by atoms with Crippen molar-refractivity contribution in [3.63, 3.8) is 0 Å². The molecule has 0 saturated carbocycles. The lowest BCUT2D eigenvalue weighted by atomic mass is 9.85. The number of hydrogen-bond donors (Lipinski definition) is 1. The van der Waals surface area contributed by atoms with Gasteiger partial charge in [0.05, 0.1) is 30.9 Å². The number of carbonyl (C=O) groups excluding carboxylic acids is 3. The minimum atomic E-state index is -0.924. The average Bonchev–Trinajstić information content (AvgIpc) is 3.20. The predicted octanol–water partition coefficient (Wildman–Crippen LogP) is 6.19. The van der Waals surface area contributed by atoms with Gasteiger partial charge in [0.25, 0.3) is 11.7 Å². The Balaban J connectivity index is 1.90. The van der Waals surface area contributed by atoms with Crippen LogP contribution in [0, 0.1) is 0 Å². The van der Waals surface area contributed by atoms with E-state index >= 15 is 0 Å². The van der Waals surface area contributed by atoms with E-state index in [4.69, 9.17) is 9.47 Å². The number of Topliss-reactive ketones (excluding diaryl/α,β-unsaturated/α-hetero) is 1. The largest absolute Gasteiger partial charge is 0.507 e. The van der Waals surface area contributed by atoms with Crippen molar-refractivity contribution >= 4 is 29.1 Å². The van der Waals surface area contributed by atoms with Gasteiger partial charge in [-0.15, -0.1) is 0 Å². The maximum atomic E-state index is 13.5. The first kappa shape index (κ1) is 27.6. The third kappa shape index (κ3) is 5.58. The summed E-state index contributed by atoms with van der Waals surface area (Å²) in [7, 11) is 1.27. The molecular weight excluding hydrogens is 494 g/mol. The monoisotopic (exact) mass is 527 g/mol. The Bertz CT molecular complexity index is 1430. The van der Waals surface area contributed by atoms with Crippen LogP contribution in [0.25, 0.3) is 5.76 Å². The molecule has 7 nitrogen and oxygen atoms in total. The highest BCUT2D eigenvalue weighted by atomic mass is 16.5. The Morgan fingerprint density at radius 3 is 2.26 bits per heavy atom. The van der Waals surface area contributed by atoms with Crippen LogP contribution in [0.4, 0.5) is 5.69 Å². The maximum absolute atomic E-state index is 13.5. The van der Waals surface area contributed by atoms with Crippen LogP contribution in [0.3, 0.4) is 0 Å². The van der Waals surface area contributed by atoms with E-state index in [1.807, 2.05) is 31.2 Å². The molecule has 0 aliphatic carbocycles. The molecule has 3 aromatic rings. The van der Waals surface area contributed by atoms with E-state index in [9.17, 15) is 19.5 Å². The minimum absolute atomic E-state index is 0.0420. The highest BCUT2D eigenvalue weighted by Crippen LogP contribution is 2.43. The third-order valence-electron chi connectivity index (χ3n) is 6.66. The molecule has 3 aromatic carbocycles. The highest BCUT2D eigenvalue weighted by Gasteiger charge is 2.47. The van der Waals surface area contributed by atoms with Crippen molar-refractivity contribution in [2.24, 2.45) is 0 Å². The Morgan fingerprint density at radius 2 is 1.62 bits per heavy atom. The fourth-order valence-electron chi connectivity index (χ4n) is 4.59. The van der Waals surface area contributed by atoms with Crippen LogP contribution in [0.15, 0.2) is 78.4 Å². The van der Waals surface area contributed by atoms with Gasteiger partial charge in [-0.05, 0) is 53.3 Å². The molecule has 1 unspecified atom stereocenters. The SMILES string of the molecule is CCCOc1cccc(/C(O)=C2\C(=O)C(=O)N(c3cccc(C(=O)OC)c3)C2c2ccc(C(C)(C)C)cc2)c1. The van der Waals surface area contributed by atoms with E-state index in [-0.39, 0.29) is 22.3 Å². The number of methoxy groups -OCH3 is 1. The lowest BCUT2D eigenvalue weighted by molar-refractivity contribution is -0.132. The third-order valence-corrected chi connectivity index (χ3v) is 6.66. The minimum Gasteiger partial charge on any atom is -0.507 e. The zero-order chi connectivity index (χ0) is 28.3. The second kappa shape index (κ2) is 11.2. The van der Waals surface area contributed by atoms with Gasteiger partial charge in [-0.25, -0.2) is 4.79 Å². The molecule has 1 aliphatic rings. The van der Waals surface area contributed by atoms with E-state index in [2.05, 4.69) is 20.8 Å². The summed E-state index contributed by atoms with van der Waals surface area (Å²) in [6, 6.07) is 19.9. The van der Waals surface area contributed by atoms with Gasteiger partial charge < -0.3 is 14.6 Å². The number of ether oxygens (including phenoxy) is 2. The number of nitrogens with zero attached hydrogens (tertiary/aromatic N) is 1. The average molecular weight is 528 g/mol. The molecule has 0 spiro atoms. The highest BCUT2D eigenvalue weighted by molar-refractivity contribution is 6.51. The summed E-state index contributed by atoms with van der Waals surface area (Å²) in [4.78, 5) is 40.6. The molecular formula is C32H33NO6. The number of aliphatic hydroxyl groups is 1. The van der Waals surface area contributed by atoms with Crippen LogP contribution >= 0.6 is 0 Å². The molecule has 0 radical (unpaired) electrons. The normalized spacial score (nSPS) is 16.8. The summed E-state index contributed by atoms with van der Waals surface area (Å²) in [5.41, 5.74) is 2.51. The molecule has 1 aliphatic heterocycles. The zero-order valence-corrected chi connectivity index (χ0v) is 22.9. The van der Waals surface area contributed by atoms with Gasteiger partial charge in [-0.2, -0.15) is 0 Å². The van der Waals surface area contributed by atoms with Gasteiger partial charge in [0, 0.05) is 11.3 Å². The molecule has 1 amide bonds. The summed E-state index contributed by atoms with van der Waals surface area (Å²) in [5, 5.41) is 11.5. The predicted molar refractivity (Wildman–Crippen MR) is 150 cm³/mol. The molecule has 1 heterocycles. The summed E-state index contributed by atoms with van der Waals surface area (Å²) in [5.74, 6) is -1.94. The first-order valence-corrected chi connectivity index (χ1v) is 12.9. The van der Waals surface area contributed by atoms with Crippen molar-refractivity contribution in [3.05, 3.63) is 101 Å². The van der Waals surface area contributed by atoms with Gasteiger partial charge >= 0.3 is 5.97 Å². The summed E-state index contributed by atoms with van der Waals surface area (Å²) < 4.78 is 10.6. The van der Waals surface area contributed by atoms with Crippen molar-refractivity contribution in [3.8, 4) is 5.75 Å². The summed E-state index contributed by atoms with van der Waals surface area (Å²) in [6.07, 6.45) is 0.816. The molecule has 0 aromatic heterocycles. The van der Waals surface area contributed by atoms with Crippen molar-refractivity contribution < 1.29 is 29.0 Å². The van der Waals surface area contributed by atoms with E-state index in [0.29, 0.717) is 29.2 Å². The van der Waals surface area contributed by atoms with E-state index in [0.717, 1.165) is 12.0 Å². The number of hydrogen-bond acceptors (Lipinski definition) is 6. The number of esters is 1. The molecule has 4 rings (SSSR count). The van der Waals surface area contributed by atoms with Gasteiger partial charge in [0.1, 0.15) is 11.5 Å². The number of anilines is 1. The molecule has 7 heteroatoms. The number of aliphatic hydroxyl groups excluding tert-OH is 1. The Kier molecular flexibility index (Phi) is 7.90. The lowest BCUT2D eigenvalue weighted by Gasteiger charge is -2.27. The standard InChI is InChI=1S/C32H33NO6/c1-6-17-39-25-12-8-9-21(19-25)28(34)26-27(20-13-15-23(16-14-20)32(2,3)4)33(30(36)29(26)35)24-11-7-10-22(18-24)31(37)38-5/h7-16,18-19,27,34H,6,17H2,1-5H3/b28-26+. The second-order valence-electron chi connectivity index (χ2n) is 10.5. The van der Waals surface area contributed by atoms with Gasteiger partial charge in [-0.1, -0.05) is 70.2 Å². The Morgan fingerprint density at radius 1 is 0.949 bits per heavy atom. The van der Waals surface area contributed by atoms with Gasteiger partial charge in [-0.3, -0.25) is 14.5 Å². The van der Waals surface area contributed by atoms with Crippen LogP contribution < -0.4 is 9.64 Å². The first-order valence-electron chi connectivity index (χ1n) is 12.9. The maximum Gasteiger partial charge on any atom is 0.337 e. The number of benzene rings is 3. The van der Waals surface area contributed by atoms with Gasteiger partial charge in [0.2, 0.25) is 0 Å². The molecule has 202 valence electrons. The first-order chi connectivity index (χ1) is 18.6. The van der Waals surface area contributed by atoms with E-state index in [1.165, 1.54) is 18.1 Å². The smallest absolute Gasteiger partial charge is 0.337 e. The summed E-state index contributed by atoms with van der Waals surface area (Å²) >= 11 is 0.